The van der Waals surface area contributed by atoms with Crippen molar-refractivity contribution in [2.45, 2.75) is 26.4 Å². The number of benzene rings is 1. The number of hydrogen-bond donors (Lipinski definition) is 0. The van der Waals surface area contributed by atoms with Crippen molar-refractivity contribution in [3.63, 3.8) is 0 Å². The Hall–Kier alpha value is -2.15. The summed E-state index contributed by atoms with van der Waals surface area (Å²) in [6, 6.07) is 6.60. The maximum absolute atomic E-state index is 12.6. The summed E-state index contributed by atoms with van der Waals surface area (Å²) in [6.45, 7) is 5.52. The average molecular weight is 336 g/mol. The fourth-order valence-electron chi connectivity index (χ4n) is 2.81. The van der Waals surface area contributed by atoms with Crippen LogP contribution in [0.1, 0.15) is 20.3 Å². The lowest BCUT2D eigenvalue weighted by molar-refractivity contribution is -0.111. The number of amides is 2. The molecule has 1 aromatic carbocycles. The van der Waals surface area contributed by atoms with E-state index in [1.54, 1.807) is 29.2 Å². The van der Waals surface area contributed by atoms with E-state index >= 15 is 0 Å². The smallest absolute Gasteiger partial charge is 0.322 e. The first-order chi connectivity index (χ1) is 10.9. The van der Waals surface area contributed by atoms with Crippen molar-refractivity contribution in [2.24, 2.45) is 15.9 Å². The Morgan fingerprint density at radius 1 is 1.39 bits per heavy atom. The van der Waals surface area contributed by atoms with Gasteiger partial charge in [0.15, 0.2) is 6.29 Å². The van der Waals surface area contributed by atoms with E-state index in [0.29, 0.717) is 30.1 Å². The van der Waals surface area contributed by atoms with Crippen molar-refractivity contribution < 1.29 is 9.59 Å². The molecule has 1 fully saturated rings. The summed E-state index contributed by atoms with van der Waals surface area (Å²) in [5, 5.41) is 10.9. The first-order valence-electron chi connectivity index (χ1n) is 7.41. The molecule has 3 rings (SSSR count). The van der Waals surface area contributed by atoms with Gasteiger partial charge in [-0.2, -0.15) is 5.01 Å². The van der Waals surface area contributed by atoms with Crippen molar-refractivity contribution in [1.82, 2.24) is 9.91 Å². The first kappa shape index (κ1) is 15.7. The minimum absolute atomic E-state index is 0.0792. The Morgan fingerprint density at radius 2 is 2.17 bits per heavy atom. The van der Waals surface area contributed by atoms with Crippen molar-refractivity contribution in [1.29, 1.82) is 0 Å². The van der Waals surface area contributed by atoms with Gasteiger partial charge in [0.25, 0.3) is 0 Å². The Bertz CT molecular complexity index is 663. The monoisotopic (exact) mass is 335 g/mol. The summed E-state index contributed by atoms with van der Waals surface area (Å²) in [5.74, 6) is 0. The molecular formula is C15H18ClN5O2. The second kappa shape index (κ2) is 5.81. The Morgan fingerprint density at radius 3 is 2.78 bits per heavy atom. The van der Waals surface area contributed by atoms with Crippen molar-refractivity contribution >= 4 is 29.6 Å². The highest BCUT2D eigenvalue weighted by atomic mass is 35.5. The summed E-state index contributed by atoms with van der Waals surface area (Å²) in [6.07, 6.45) is 0.678. The molecule has 0 N–H and O–H groups in total. The predicted molar refractivity (Wildman–Crippen MR) is 85.8 cm³/mol. The van der Waals surface area contributed by atoms with E-state index in [9.17, 15) is 9.59 Å². The first-order valence-corrected chi connectivity index (χ1v) is 7.79. The summed E-state index contributed by atoms with van der Waals surface area (Å²) in [4.78, 5) is 25.9. The fraction of sp³-hybridized carbons (Fsp3) is 0.467. The highest BCUT2D eigenvalue weighted by molar-refractivity contribution is 6.30. The van der Waals surface area contributed by atoms with E-state index in [0.717, 1.165) is 11.4 Å². The molecule has 8 heteroatoms. The lowest BCUT2D eigenvalue weighted by atomic mass is 9.93. The van der Waals surface area contributed by atoms with Gasteiger partial charge in [0.1, 0.15) is 0 Å². The molecule has 7 nitrogen and oxygen atoms in total. The van der Waals surface area contributed by atoms with Gasteiger partial charge in [-0.05, 0) is 40.5 Å². The third kappa shape index (κ3) is 3.01. The van der Waals surface area contributed by atoms with E-state index in [1.165, 1.54) is 5.01 Å². The Kier molecular flexibility index (Phi) is 3.97. The topological polar surface area (TPSA) is 68.6 Å². The van der Waals surface area contributed by atoms with Crippen LogP contribution in [-0.4, -0.2) is 41.5 Å². The number of carbonyl (C=O) groups is 2. The van der Waals surface area contributed by atoms with Crippen LogP contribution in [0.2, 0.25) is 5.02 Å². The van der Waals surface area contributed by atoms with Gasteiger partial charge in [-0.15, -0.1) is 0 Å². The lowest BCUT2D eigenvalue weighted by Crippen LogP contribution is -2.48. The lowest BCUT2D eigenvalue weighted by Gasteiger charge is -2.26. The standard InChI is InChI=1S/C15H18ClN5O2/c1-15(2)6-7-19(10-15)14(23)21-13(9-22)20(17-18-21)12-5-3-4-11(16)8-12/h3-5,8-9,13H,6-7,10H2,1-2H3. The minimum atomic E-state index is -0.898. The van der Waals surface area contributed by atoms with Crippen LogP contribution in [0, 0.1) is 5.41 Å². The number of anilines is 1. The molecule has 0 aromatic heterocycles. The number of urea groups is 1. The van der Waals surface area contributed by atoms with Crippen LogP contribution in [0.5, 0.6) is 0 Å². The Balaban J connectivity index is 1.79. The molecule has 1 atom stereocenters. The maximum atomic E-state index is 12.6. The van der Waals surface area contributed by atoms with Gasteiger partial charge in [-0.25, -0.2) is 9.80 Å². The highest BCUT2D eigenvalue weighted by Gasteiger charge is 2.41. The molecule has 2 aliphatic heterocycles. The number of likely N-dealkylation sites (tertiary alicyclic amines) is 1. The van der Waals surface area contributed by atoms with E-state index in [-0.39, 0.29) is 11.4 Å². The molecule has 1 saturated heterocycles. The van der Waals surface area contributed by atoms with Gasteiger partial charge >= 0.3 is 6.03 Å². The molecule has 122 valence electrons. The number of aldehydes is 1. The molecule has 1 unspecified atom stereocenters. The molecule has 2 heterocycles. The SMILES string of the molecule is CC1(C)CCN(C(=O)N2N=NN(c3cccc(Cl)c3)C2C=O)C1. The van der Waals surface area contributed by atoms with Crippen molar-refractivity contribution in [3.05, 3.63) is 29.3 Å². The summed E-state index contributed by atoms with van der Waals surface area (Å²) >= 11 is 5.97. The maximum Gasteiger partial charge on any atom is 0.344 e. The normalized spacial score (nSPS) is 22.7. The number of hydrogen-bond acceptors (Lipinski definition) is 5. The molecule has 0 spiro atoms. The zero-order valence-electron chi connectivity index (χ0n) is 13.0. The molecule has 0 saturated carbocycles. The molecule has 0 radical (unpaired) electrons. The van der Waals surface area contributed by atoms with Crippen LogP contribution in [0.25, 0.3) is 0 Å². The zero-order valence-corrected chi connectivity index (χ0v) is 13.8. The molecule has 0 aliphatic carbocycles. The molecule has 2 amide bonds. The van der Waals surface area contributed by atoms with Gasteiger partial charge in [-0.3, -0.25) is 4.79 Å². The van der Waals surface area contributed by atoms with Crippen LogP contribution < -0.4 is 5.01 Å². The minimum Gasteiger partial charge on any atom is -0.322 e. The van der Waals surface area contributed by atoms with E-state index in [2.05, 4.69) is 24.3 Å². The third-order valence-electron chi connectivity index (χ3n) is 4.07. The summed E-state index contributed by atoms with van der Waals surface area (Å²) in [7, 11) is 0. The molecular weight excluding hydrogens is 318 g/mol. The summed E-state index contributed by atoms with van der Waals surface area (Å²) < 4.78 is 0. The van der Waals surface area contributed by atoms with Crippen LogP contribution in [0.4, 0.5) is 10.5 Å². The van der Waals surface area contributed by atoms with Crippen LogP contribution in [0.3, 0.4) is 0 Å². The molecule has 0 bridgehead atoms. The Labute approximate surface area is 139 Å². The van der Waals surface area contributed by atoms with Crippen molar-refractivity contribution in [2.75, 3.05) is 18.1 Å². The van der Waals surface area contributed by atoms with Gasteiger partial charge in [-0.1, -0.05) is 31.5 Å². The van der Waals surface area contributed by atoms with Gasteiger partial charge in [0.05, 0.1) is 5.69 Å². The van der Waals surface area contributed by atoms with E-state index in [1.807, 2.05) is 0 Å². The third-order valence-corrected chi connectivity index (χ3v) is 4.31. The largest absolute Gasteiger partial charge is 0.344 e. The highest BCUT2D eigenvalue weighted by Crippen LogP contribution is 2.32. The number of carbonyl (C=O) groups excluding carboxylic acids is 2. The molecule has 1 aromatic rings. The van der Waals surface area contributed by atoms with Crippen LogP contribution in [-0.2, 0) is 4.79 Å². The quantitative estimate of drug-likeness (QED) is 0.780. The summed E-state index contributed by atoms with van der Waals surface area (Å²) in [5.41, 5.74) is 0.686. The van der Waals surface area contributed by atoms with Gasteiger partial charge in [0, 0.05) is 18.1 Å². The molecule has 2 aliphatic rings. The fourth-order valence-corrected chi connectivity index (χ4v) is 2.99. The van der Waals surface area contributed by atoms with Crippen LogP contribution >= 0.6 is 11.6 Å². The van der Waals surface area contributed by atoms with Gasteiger partial charge < -0.3 is 4.90 Å². The van der Waals surface area contributed by atoms with E-state index in [4.69, 9.17) is 11.6 Å². The number of halogens is 1. The second-order valence-corrected chi connectivity index (χ2v) is 6.95. The van der Waals surface area contributed by atoms with Gasteiger partial charge in [0.2, 0.25) is 6.17 Å². The molecule has 23 heavy (non-hydrogen) atoms. The van der Waals surface area contributed by atoms with Crippen molar-refractivity contribution in [3.8, 4) is 0 Å². The number of nitrogens with zero attached hydrogens (tertiary/aromatic N) is 5. The predicted octanol–water partition coefficient (Wildman–Crippen LogP) is 3.12. The number of rotatable bonds is 2. The van der Waals surface area contributed by atoms with Crippen LogP contribution in [0.15, 0.2) is 34.7 Å². The average Bonchev–Trinajstić information content (AvgIpc) is 3.09. The van der Waals surface area contributed by atoms with E-state index < -0.39 is 6.17 Å². The second-order valence-electron chi connectivity index (χ2n) is 6.52. The zero-order chi connectivity index (χ0) is 16.6.